The summed E-state index contributed by atoms with van der Waals surface area (Å²) >= 11 is 2.59. The van der Waals surface area contributed by atoms with Gasteiger partial charge in [-0.3, -0.25) is 4.79 Å². The number of benzene rings is 1. The van der Waals surface area contributed by atoms with E-state index in [1.54, 1.807) is 6.20 Å². The van der Waals surface area contributed by atoms with E-state index in [1.807, 2.05) is 18.2 Å². The molecule has 1 saturated heterocycles. The molecule has 0 bridgehead atoms. The van der Waals surface area contributed by atoms with E-state index in [-0.39, 0.29) is 17.2 Å². The fourth-order valence-electron chi connectivity index (χ4n) is 4.18. The predicted octanol–water partition coefficient (Wildman–Crippen LogP) is 3.95. The van der Waals surface area contributed by atoms with Crippen LogP contribution in [-0.4, -0.2) is 49.1 Å². The van der Waals surface area contributed by atoms with Crippen molar-refractivity contribution in [1.29, 1.82) is 0 Å². The van der Waals surface area contributed by atoms with E-state index < -0.39 is 11.4 Å². The maximum absolute atomic E-state index is 12.7. The highest BCUT2D eigenvalue weighted by molar-refractivity contribution is 9.10. The second-order valence-electron chi connectivity index (χ2n) is 8.10. The Hall–Kier alpha value is -1.88. The molecule has 8 nitrogen and oxygen atoms in total. The minimum atomic E-state index is -0.913. The molecule has 1 unspecified atom stereocenters. The lowest BCUT2D eigenvalue weighted by Crippen LogP contribution is -2.46. The molecule has 0 aliphatic carbocycles. The minimum Gasteiger partial charge on any atom is -0.598 e. The number of halogens is 1. The van der Waals surface area contributed by atoms with Gasteiger partial charge in [-0.15, -0.1) is 4.31 Å². The molecule has 2 aliphatic rings. The lowest BCUT2D eigenvalue weighted by atomic mass is 10.1. The molecule has 3 heterocycles. The highest BCUT2D eigenvalue weighted by Gasteiger charge is 2.31. The summed E-state index contributed by atoms with van der Waals surface area (Å²) in [5.74, 6) is 1.05. The van der Waals surface area contributed by atoms with E-state index in [9.17, 15) is 9.35 Å². The summed E-state index contributed by atoms with van der Waals surface area (Å²) in [5.41, 5.74) is 2.35. The number of anilines is 3. The standard InChI is InChI=1S/C22H29BrN6O2S/c1-3-16(4-2)32(31)29-10-8-15(9-11-29)26-22-25-13-17(23)20(28-22)27-18-7-5-6-14-12-24-21(30)19(14)18/h5-7,13,15-16H,3-4,8-12H2,1-2H3,(H,24,30)(H2,25,26,27,28). The van der Waals surface area contributed by atoms with Crippen LogP contribution in [0.15, 0.2) is 28.9 Å². The van der Waals surface area contributed by atoms with E-state index in [4.69, 9.17) is 0 Å². The largest absolute Gasteiger partial charge is 0.598 e. The molecule has 2 aliphatic heterocycles. The fraction of sp³-hybridized carbons (Fsp3) is 0.500. The molecule has 1 aromatic heterocycles. The molecule has 0 spiro atoms. The van der Waals surface area contributed by atoms with Crippen molar-refractivity contribution >= 4 is 50.7 Å². The normalized spacial score (nSPS) is 17.8. The molecule has 0 radical (unpaired) electrons. The van der Waals surface area contributed by atoms with Crippen molar-refractivity contribution < 1.29 is 9.35 Å². The molecule has 2 aromatic rings. The van der Waals surface area contributed by atoms with Crippen molar-refractivity contribution in [2.45, 2.75) is 57.4 Å². The highest BCUT2D eigenvalue weighted by Crippen LogP contribution is 2.30. The number of fused-ring (bicyclic) bond motifs is 1. The second kappa shape index (κ2) is 10.4. The number of rotatable bonds is 8. The van der Waals surface area contributed by atoms with Gasteiger partial charge in [-0.25, -0.2) is 4.98 Å². The van der Waals surface area contributed by atoms with Crippen molar-refractivity contribution in [1.82, 2.24) is 19.6 Å². The van der Waals surface area contributed by atoms with Crippen LogP contribution in [-0.2, 0) is 17.9 Å². The summed E-state index contributed by atoms with van der Waals surface area (Å²) < 4.78 is 15.6. The Morgan fingerprint density at radius 3 is 2.78 bits per heavy atom. The summed E-state index contributed by atoms with van der Waals surface area (Å²) in [6, 6.07) is 5.98. The number of hydrogen-bond acceptors (Lipinski definition) is 7. The molecular formula is C22H29BrN6O2S. The molecule has 32 heavy (non-hydrogen) atoms. The Labute approximate surface area is 200 Å². The number of nitrogens with zero attached hydrogens (tertiary/aromatic N) is 3. The molecule has 10 heteroatoms. The number of aromatic nitrogens is 2. The average molecular weight is 521 g/mol. The maximum atomic E-state index is 12.7. The van der Waals surface area contributed by atoms with Crippen LogP contribution in [0.5, 0.6) is 0 Å². The van der Waals surface area contributed by atoms with Crippen LogP contribution in [0.25, 0.3) is 0 Å². The van der Waals surface area contributed by atoms with Crippen molar-refractivity contribution in [3.8, 4) is 0 Å². The zero-order valence-corrected chi connectivity index (χ0v) is 20.8. The molecule has 1 aromatic carbocycles. The Morgan fingerprint density at radius 1 is 1.31 bits per heavy atom. The number of carbonyl (C=O) groups is 1. The molecule has 4 rings (SSSR count). The van der Waals surface area contributed by atoms with Gasteiger partial charge in [0.1, 0.15) is 11.1 Å². The third kappa shape index (κ3) is 5.03. The van der Waals surface area contributed by atoms with Gasteiger partial charge in [0, 0.05) is 43.2 Å². The van der Waals surface area contributed by atoms with Crippen molar-refractivity contribution in [2.75, 3.05) is 23.7 Å². The Kier molecular flexibility index (Phi) is 7.55. The SMILES string of the molecule is CCC(CC)[S+]([O-])N1CCC(Nc2ncc(Br)c(Nc3cccc4c3C(=O)NC4)n2)CC1. The van der Waals surface area contributed by atoms with Gasteiger partial charge in [0.2, 0.25) is 5.95 Å². The first-order chi connectivity index (χ1) is 15.5. The van der Waals surface area contributed by atoms with E-state index in [0.29, 0.717) is 23.9 Å². The van der Waals surface area contributed by atoms with Gasteiger partial charge in [0.25, 0.3) is 5.91 Å². The number of hydrogen-bond donors (Lipinski definition) is 3. The number of piperidine rings is 1. The lowest BCUT2D eigenvalue weighted by molar-refractivity contribution is 0.0966. The van der Waals surface area contributed by atoms with Crippen molar-refractivity contribution in [2.24, 2.45) is 0 Å². The van der Waals surface area contributed by atoms with E-state index >= 15 is 0 Å². The first-order valence-corrected chi connectivity index (χ1v) is 13.1. The van der Waals surface area contributed by atoms with Gasteiger partial charge in [0.05, 0.1) is 15.7 Å². The summed E-state index contributed by atoms with van der Waals surface area (Å²) in [6.07, 6.45) is 5.37. The van der Waals surface area contributed by atoms with E-state index in [0.717, 1.165) is 54.5 Å². The second-order valence-corrected chi connectivity index (χ2v) is 10.7. The van der Waals surface area contributed by atoms with Crippen LogP contribution in [0.4, 0.5) is 17.5 Å². The smallest absolute Gasteiger partial charge is 0.254 e. The van der Waals surface area contributed by atoms with E-state index in [2.05, 4.69) is 60.0 Å². The Bertz CT molecular complexity index is 965. The lowest BCUT2D eigenvalue weighted by Gasteiger charge is -2.34. The molecule has 3 N–H and O–H groups in total. The van der Waals surface area contributed by atoms with Gasteiger partial charge in [-0.1, -0.05) is 26.0 Å². The fourth-order valence-corrected chi connectivity index (χ4v) is 6.04. The molecule has 0 saturated carbocycles. The quantitative estimate of drug-likeness (QED) is 0.452. The van der Waals surface area contributed by atoms with Crippen LogP contribution >= 0.6 is 15.9 Å². The number of carbonyl (C=O) groups excluding carboxylic acids is 1. The first kappa shape index (κ1) is 23.3. The Balaban J connectivity index is 1.40. The first-order valence-electron chi connectivity index (χ1n) is 11.1. The van der Waals surface area contributed by atoms with Gasteiger partial charge >= 0.3 is 0 Å². The maximum Gasteiger partial charge on any atom is 0.254 e. The van der Waals surface area contributed by atoms with Gasteiger partial charge in [-0.2, -0.15) is 4.98 Å². The topological polar surface area (TPSA) is 105 Å². The van der Waals surface area contributed by atoms with Crippen molar-refractivity contribution in [3.63, 3.8) is 0 Å². The van der Waals surface area contributed by atoms with Crippen LogP contribution in [0.1, 0.15) is 55.5 Å². The molecule has 1 amide bonds. The van der Waals surface area contributed by atoms with Crippen LogP contribution in [0.2, 0.25) is 0 Å². The van der Waals surface area contributed by atoms with Gasteiger partial charge in [-0.05, 0) is 53.2 Å². The number of amides is 1. The summed E-state index contributed by atoms with van der Waals surface area (Å²) in [6.45, 7) is 6.35. The highest BCUT2D eigenvalue weighted by atomic mass is 79.9. The molecule has 1 atom stereocenters. The summed E-state index contributed by atoms with van der Waals surface area (Å²) in [4.78, 5) is 21.3. The molecule has 1 fully saturated rings. The van der Waals surface area contributed by atoms with Crippen LogP contribution < -0.4 is 16.0 Å². The Morgan fingerprint density at radius 2 is 2.06 bits per heavy atom. The zero-order valence-electron chi connectivity index (χ0n) is 18.4. The van der Waals surface area contributed by atoms with E-state index in [1.165, 1.54) is 0 Å². The third-order valence-corrected chi connectivity index (χ3v) is 8.74. The third-order valence-electron chi connectivity index (χ3n) is 6.05. The molecular weight excluding hydrogens is 492 g/mol. The zero-order chi connectivity index (χ0) is 22.7. The van der Waals surface area contributed by atoms with Crippen LogP contribution in [0.3, 0.4) is 0 Å². The predicted molar refractivity (Wildman–Crippen MR) is 131 cm³/mol. The monoisotopic (exact) mass is 520 g/mol. The average Bonchev–Trinajstić information content (AvgIpc) is 3.19. The van der Waals surface area contributed by atoms with Gasteiger partial charge in [0.15, 0.2) is 0 Å². The summed E-state index contributed by atoms with van der Waals surface area (Å²) in [7, 11) is 0. The number of nitrogens with one attached hydrogen (secondary N) is 3. The van der Waals surface area contributed by atoms with Crippen LogP contribution in [0, 0.1) is 0 Å². The molecule has 172 valence electrons. The van der Waals surface area contributed by atoms with Gasteiger partial charge < -0.3 is 20.5 Å². The van der Waals surface area contributed by atoms with Crippen molar-refractivity contribution in [3.05, 3.63) is 40.0 Å². The minimum absolute atomic E-state index is 0.0795. The summed E-state index contributed by atoms with van der Waals surface area (Å²) in [5, 5.41) is 9.80.